The van der Waals surface area contributed by atoms with Crippen molar-refractivity contribution in [2.45, 2.75) is 170 Å². The van der Waals surface area contributed by atoms with Gasteiger partial charge in [0.15, 0.2) is 0 Å². The number of ketones is 1. The number of nitrogens with two attached hydrogens (primary N) is 1. The Balaban J connectivity index is 0.000000906. The number of nitrogens with one attached hydrogen (secondary N) is 4. The smallest absolute Gasteiger partial charge is 0.315 e. The molecule has 11 nitrogen and oxygen atoms in total. The molecule has 59 heavy (non-hydrogen) atoms. The average molecular weight is 845 g/mol. The Kier molecular flexibility index (Phi) is 28.3. The van der Waals surface area contributed by atoms with Gasteiger partial charge in [-0.3, -0.25) is 19.3 Å². The van der Waals surface area contributed by atoms with Gasteiger partial charge in [-0.05, 0) is 106 Å². The predicted octanol–water partition coefficient (Wildman–Crippen LogP) is 8.22. The summed E-state index contributed by atoms with van der Waals surface area (Å²) in [5.74, 6) is -0.655. The molecule has 12 heteroatoms. The van der Waals surface area contributed by atoms with E-state index in [2.05, 4.69) is 125 Å². The molecule has 0 aromatic heterocycles. The molecule has 0 radical (unpaired) electrons. The highest BCUT2D eigenvalue weighted by atomic mass is 32.1. The number of carbonyl (C=O) groups excluding carboxylic acids is 5. The highest BCUT2D eigenvalue weighted by Crippen LogP contribution is 2.42. The van der Waals surface area contributed by atoms with Crippen molar-refractivity contribution in [3.05, 3.63) is 47.4 Å². The van der Waals surface area contributed by atoms with E-state index in [9.17, 15) is 19.2 Å². The van der Waals surface area contributed by atoms with E-state index in [-0.39, 0.29) is 53.4 Å². The van der Waals surface area contributed by atoms with E-state index in [1.54, 1.807) is 0 Å². The summed E-state index contributed by atoms with van der Waals surface area (Å²) in [6, 6.07) is -0.877. The summed E-state index contributed by atoms with van der Waals surface area (Å²) in [5, 5.41) is 11.6. The van der Waals surface area contributed by atoms with E-state index >= 15 is 0 Å². The summed E-state index contributed by atoms with van der Waals surface area (Å²) in [6.45, 7) is 26.2. The fourth-order valence-electron chi connectivity index (χ4n) is 8.01. The van der Waals surface area contributed by atoms with E-state index in [1.807, 2.05) is 20.8 Å². The SMILES string of the molecule is C=CCNC(=O)C(=O)C(CCCC)NC(=O)C1C(C(C)CC)CCN1C.C=O.CC1=C(\S)CC=CC/C=C\1.CCC1([C@@H](C)NC(=O)NC(CN)C(C)(C)C)CCCCC1. The fraction of sp³-hybridized carbons (Fsp3) is 0.723. The van der Waals surface area contributed by atoms with Gasteiger partial charge in [0.25, 0.3) is 5.91 Å². The van der Waals surface area contributed by atoms with Crippen LogP contribution in [-0.2, 0) is 19.2 Å². The average Bonchev–Trinajstić information content (AvgIpc) is 3.62. The number of amides is 4. The first-order valence-electron chi connectivity index (χ1n) is 22.1. The van der Waals surface area contributed by atoms with Crippen LogP contribution < -0.4 is 27.0 Å². The molecular weight excluding hydrogens is 761 g/mol. The molecule has 338 valence electrons. The first-order valence-corrected chi connectivity index (χ1v) is 22.6. The number of rotatable bonds is 16. The van der Waals surface area contributed by atoms with Crippen LogP contribution in [0.4, 0.5) is 4.79 Å². The largest absolute Gasteiger partial charge is 0.346 e. The molecule has 2 aliphatic carbocycles. The molecule has 1 heterocycles. The van der Waals surface area contributed by atoms with E-state index in [0.717, 1.165) is 51.5 Å². The molecule has 4 amide bonds. The lowest BCUT2D eigenvalue weighted by Gasteiger charge is -2.42. The van der Waals surface area contributed by atoms with Crippen molar-refractivity contribution in [3.8, 4) is 0 Å². The number of allylic oxidation sites excluding steroid dienone is 6. The fourth-order valence-corrected chi connectivity index (χ4v) is 8.19. The molecule has 1 aliphatic heterocycles. The first-order chi connectivity index (χ1) is 27.9. The molecule has 6 N–H and O–H groups in total. The third-order valence-electron chi connectivity index (χ3n) is 12.4. The van der Waals surface area contributed by atoms with Gasteiger partial charge in [0.1, 0.15) is 6.79 Å². The number of nitrogens with zero attached hydrogens (tertiary/aromatic N) is 1. The van der Waals surface area contributed by atoms with Gasteiger partial charge in [0, 0.05) is 25.2 Å². The summed E-state index contributed by atoms with van der Waals surface area (Å²) < 4.78 is 0. The quantitative estimate of drug-likeness (QED) is 0.0518. The van der Waals surface area contributed by atoms with Crippen LogP contribution >= 0.6 is 12.6 Å². The standard InChI is InChI=1S/C20H35N3O3.C17H35N3O.C9H12S.CH2O/c1-6-9-10-16(18(24)20(26)21-12-7-2)22-19(25)17-15(14(4)8-3)11-13-23(17)5;1-6-17(10-8-7-9-11-17)13(2)19-15(21)20-14(12-18)16(3,4)5;1-8-6-4-2-3-5-7-9(8)10;1-2/h7,14-17H,2,6,8-13H2,1,3-5H3,(H,21,26)(H,22,25);13-14H,6-12,18H2,1-5H3,(H2,19,20,21);3-6,10H,2,7H2,1H3;1H2/b;;5-3?,6-4-,9-8+;/t;13-,14?;;/m.1../s1. The normalized spacial score (nSPS) is 22.6. The summed E-state index contributed by atoms with van der Waals surface area (Å²) in [5.41, 5.74) is 7.32. The number of urea groups is 1. The summed E-state index contributed by atoms with van der Waals surface area (Å²) in [7, 11) is 1.95. The van der Waals surface area contributed by atoms with Gasteiger partial charge < -0.3 is 31.8 Å². The highest BCUT2D eigenvalue weighted by molar-refractivity contribution is 7.84. The maximum atomic E-state index is 12.9. The van der Waals surface area contributed by atoms with Crippen molar-refractivity contribution >= 4 is 43.0 Å². The number of hydrogen-bond donors (Lipinski definition) is 6. The lowest BCUT2D eigenvalue weighted by molar-refractivity contribution is -0.140. The Labute approximate surface area is 364 Å². The zero-order valence-corrected chi connectivity index (χ0v) is 39.5. The van der Waals surface area contributed by atoms with E-state index in [4.69, 9.17) is 10.5 Å². The number of likely N-dealkylation sites (tertiary alicyclic amines) is 1. The Morgan fingerprint density at radius 1 is 1.02 bits per heavy atom. The van der Waals surface area contributed by atoms with Crippen LogP contribution in [0.5, 0.6) is 0 Å². The molecule has 1 saturated heterocycles. The Bertz CT molecular complexity index is 1370. The van der Waals surface area contributed by atoms with E-state index in [0.29, 0.717) is 18.9 Å². The highest BCUT2D eigenvalue weighted by Gasteiger charge is 2.41. The Morgan fingerprint density at radius 2 is 1.66 bits per heavy atom. The van der Waals surface area contributed by atoms with Crippen molar-refractivity contribution in [3.63, 3.8) is 0 Å². The molecule has 0 aromatic carbocycles. The molecule has 3 aliphatic rings. The van der Waals surface area contributed by atoms with Crippen molar-refractivity contribution < 1.29 is 24.0 Å². The third-order valence-corrected chi connectivity index (χ3v) is 13.0. The van der Waals surface area contributed by atoms with Crippen LogP contribution in [0.3, 0.4) is 0 Å². The van der Waals surface area contributed by atoms with Crippen molar-refractivity contribution in [1.82, 2.24) is 26.2 Å². The van der Waals surface area contributed by atoms with Crippen LogP contribution in [0.2, 0.25) is 0 Å². The van der Waals surface area contributed by atoms with Gasteiger partial charge in [0.2, 0.25) is 11.7 Å². The van der Waals surface area contributed by atoms with E-state index < -0.39 is 17.7 Å². The third kappa shape index (κ3) is 19.8. The van der Waals surface area contributed by atoms with Crippen molar-refractivity contribution in [1.29, 1.82) is 0 Å². The summed E-state index contributed by atoms with van der Waals surface area (Å²) in [4.78, 5) is 61.0. The van der Waals surface area contributed by atoms with Gasteiger partial charge >= 0.3 is 6.03 Å². The minimum absolute atomic E-state index is 0.00590. The number of unbranched alkanes of at least 4 members (excludes halogenated alkanes) is 1. The number of likely N-dealkylation sites (N-methyl/N-ethyl adjacent to an activating group) is 1. The first kappa shape index (κ1) is 55.8. The lowest BCUT2D eigenvalue weighted by Crippen LogP contribution is -2.55. The molecule has 3 rings (SSSR count). The predicted molar refractivity (Wildman–Crippen MR) is 249 cm³/mol. The monoisotopic (exact) mass is 845 g/mol. The van der Waals surface area contributed by atoms with E-state index in [1.165, 1.54) is 48.7 Å². The lowest BCUT2D eigenvalue weighted by atomic mass is 9.68. The molecule has 1 saturated carbocycles. The molecule has 5 unspecified atom stereocenters. The Hall–Kier alpha value is -3.22. The number of carbonyl (C=O) groups is 5. The zero-order chi connectivity index (χ0) is 45.2. The minimum atomic E-state index is -0.765. The van der Waals surface area contributed by atoms with Crippen molar-refractivity contribution in [2.24, 2.45) is 28.4 Å². The van der Waals surface area contributed by atoms with Crippen LogP contribution in [0, 0.1) is 22.7 Å². The molecule has 0 spiro atoms. The maximum absolute atomic E-state index is 12.9. The molecule has 0 bridgehead atoms. The van der Waals surface area contributed by atoms with Gasteiger partial charge in [0.05, 0.1) is 12.1 Å². The second-order valence-corrected chi connectivity index (χ2v) is 18.1. The van der Waals surface area contributed by atoms with Crippen LogP contribution in [0.25, 0.3) is 0 Å². The maximum Gasteiger partial charge on any atom is 0.315 e. The second-order valence-electron chi connectivity index (χ2n) is 17.5. The zero-order valence-electron chi connectivity index (χ0n) is 38.6. The number of Topliss-reactive ketones (excluding diaryl/α,β-unsaturated/α-hetero) is 1. The molecule has 0 aromatic rings. The molecule has 2 fully saturated rings. The summed E-state index contributed by atoms with van der Waals surface area (Å²) in [6.07, 6.45) is 23.8. The van der Waals surface area contributed by atoms with Crippen LogP contribution in [0.15, 0.2) is 47.4 Å². The Morgan fingerprint density at radius 3 is 2.20 bits per heavy atom. The minimum Gasteiger partial charge on any atom is -0.346 e. The second kappa shape index (κ2) is 29.9. The van der Waals surface area contributed by atoms with Crippen LogP contribution in [-0.4, -0.2) is 86.2 Å². The van der Waals surface area contributed by atoms with Gasteiger partial charge in [-0.2, -0.15) is 0 Å². The molecular formula is C47H84N6O5S. The van der Waals surface area contributed by atoms with Gasteiger partial charge in [-0.15, -0.1) is 19.2 Å². The van der Waals surface area contributed by atoms with Gasteiger partial charge in [-0.1, -0.05) is 117 Å². The number of thiol groups is 1. The van der Waals surface area contributed by atoms with Crippen LogP contribution in [0.1, 0.15) is 146 Å². The molecule has 6 atom stereocenters. The number of hydrogen-bond acceptors (Lipinski definition) is 8. The summed E-state index contributed by atoms with van der Waals surface area (Å²) >= 11 is 4.35. The van der Waals surface area contributed by atoms with Gasteiger partial charge in [-0.25, -0.2) is 4.79 Å². The topological polar surface area (TPSA) is 163 Å². The van der Waals surface area contributed by atoms with Crippen molar-refractivity contribution in [2.75, 3.05) is 26.7 Å².